The zero-order valence-corrected chi connectivity index (χ0v) is 12.1. The van der Waals surface area contributed by atoms with Gasteiger partial charge in [0.2, 0.25) is 5.89 Å². The Morgan fingerprint density at radius 2 is 2.06 bits per heavy atom. The van der Waals surface area contributed by atoms with Crippen LogP contribution in [0.3, 0.4) is 0 Å². The number of nitrogens with zero attached hydrogens (tertiary/aromatic N) is 2. The first kappa shape index (κ1) is 13.9. The Morgan fingerprint density at radius 3 is 2.67 bits per heavy atom. The van der Waals surface area contributed by atoms with Crippen molar-refractivity contribution in [1.29, 1.82) is 0 Å². The molecule has 0 aromatic carbocycles. The topological polar surface area (TPSA) is 64.9 Å². The molecule has 2 rings (SSSR count). The van der Waals surface area contributed by atoms with E-state index >= 15 is 0 Å². The minimum absolute atomic E-state index is 0.457. The molecule has 0 aliphatic heterocycles. The van der Waals surface area contributed by atoms with Gasteiger partial charge < -0.3 is 10.3 Å². The first-order valence-corrected chi connectivity index (χ1v) is 7.88. The maximum absolute atomic E-state index is 5.71. The van der Waals surface area contributed by atoms with E-state index in [-0.39, 0.29) is 0 Å². The largest absolute Gasteiger partial charge is 0.339 e. The van der Waals surface area contributed by atoms with Crippen molar-refractivity contribution < 1.29 is 4.52 Å². The van der Waals surface area contributed by atoms with E-state index in [2.05, 4.69) is 24.0 Å². The van der Waals surface area contributed by atoms with Crippen molar-refractivity contribution in [2.75, 3.05) is 6.54 Å². The van der Waals surface area contributed by atoms with Crippen LogP contribution in [0.4, 0.5) is 0 Å². The molecule has 2 N–H and O–H groups in total. The summed E-state index contributed by atoms with van der Waals surface area (Å²) in [6, 6.07) is 0. The second-order valence-corrected chi connectivity index (χ2v) is 6.93. The summed E-state index contributed by atoms with van der Waals surface area (Å²) in [5, 5.41) is 4.67. The molecule has 1 fully saturated rings. The van der Waals surface area contributed by atoms with Crippen molar-refractivity contribution in [1.82, 2.24) is 10.1 Å². The highest BCUT2D eigenvalue weighted by Crippen LogP contribution is 2.34. The lowest BCUT2D eigenvalue weighted by molar-refractivity contribution is 0.274. The summed E-state index contributed by atoms with van der Waals surface area (Å²) < 4.78 is 5.40. The van der Waals surface area contributed by atoms with E-state index in [1.165, 1.54) is 12.8 Å². The average molecular weight is 269 g/mol. The van der Waals surface area contributed by atoms with Gasteiger partial charge in [0.25, 0.3) is 0 Å². The normalized spacial score (nSPS) is 24.7. The van der Waals surface area contributed by atoms with Gasteiger partial charge in [0.1, 0.15) is 0 Å². The van der Waals surface area contributed by atoms with Gasteiger partial charge in [-0.05, 0) is 43.4 Å². The van der Waals surface area contributed by atoms with Crippen molar-refractivity contribution in [3.63, 3.8) is 0 Å². The lowest BCUT2D eigenvalue weighted by Crippen LogP contribution is -2.20. The summed E-state index contributed by atoms with van der Waals surface area (Å²) in [7, 11) is 0. The smallest absolute Gasteiger partial charge is 0.229 e. The summed E-state index contributed by atoms with van der Waals surface area (Å²) >= 11 is 1.85. The van der Waals surface area contributed by atoms with E-state index in [0.717, 1.165) is 36.9 Å². The molecule has 0 saturated heterocycles. The van der Waals surface area contributed by atoms with Crippen LogP contribution in [0, 0.1) is 5.92 Å². The summed E-state index contributed by atoms with van der Waals surface area (Å²) in [6.45, 7) is 5.17. The molecule has 1 aromatic heterocycles. The molecule has 0 radical (unpaired) electrons. The van der Waals surface area contributed by atoms with E-state index in [4.69, 9.17) is 10.3 Å². The van der Waals surface area contributed by atoms with Gasteiger partial charge in [0, 0.05) is 5.92 Å². The SMILES string of the molecule is CC(C)SCc1noc(C2CCC(CN)CC2)n1. The Labute approximate surface area is 113 Å². The number of aromatic nitrogens is 2. The fourth-order valence-electron chi connectivity index (χ4n) is 2.38. The molecule has 0 spiro atoms. The zero-order valence-electron chi connectivity index (χ0n) is 11.3. The number of rotatable bonds is 5. The van der Waals surface area contributed by atoms with Crippen LogP contribution in [0.2, 0.25) is 0 Å². The van der Waals surface area contributed by atoms with Crippen molar-refractivity contribution in [3.05, 3.63) is 11.7 Å². The summed E-state index contributed by atoms with van der Waals surface area (Å²) in [5.41, 5.74) is 5.71. The summed E-state index contributed by atoms with van der Waals surface area (Å²) in [4.78, 5) is 4.53. The molecule has 1 aromatic rings. The highest BCUT2D eigenvalue weighted by molar-refractivity contribution is 7.99. The van der Waals surface area contributed by atoms with E-state index in [9.17, 15) is 0 Å². The molecule has 18 heavy (non-hydrogen) atoms. The minimum Gasteiger partial charge on any atom is -0.339 e. The summed E-state index contributed by atoms with van der Waals surface area (Å²) in [6.07, 6.45) is 4.67. The van der Waals surface area contributed by atoms with Gasteiger partial charge in [-0.15, -0.1) is 0 Å². The molecule has 1 heterocycles. The van der Waals surface area contributed by atoms with Crippen LogP contribution < -0.4 is 5.73 Å². The van der Waals surface area contributed by atoms with E-state index in [0.29, 0.717) is 17.1 Å². The molecule has 0 unspecified atom stereocenters. The lowest BCUT2D eigenvalue weighted by Gasteiger charge is -2.24. The Bertz CT molecular complexity index is 359. The van der Waals surface area contributed by atoms with Gasteiger partial charge in [-0.2, -0.15) is 16.7 Å². The second-order valence-electron chi connectivity index (χ2n) is 5.36. The quantitative estimate of drug-likeness (QED) is 0.890. The highest BCUT2D eigenvalue weighted by atomic mass is 32.2. The van der Waals surface area contributed by atoms with Crippen LogP contribution in [0.5, 0.6) is 0 Å². The van der Waals surface area contributed by atoms with Crippen molar-refractivity contribution >= 4 is 11.8 Å². The predicted molar refractivity (Wildman–Crippen MR) is 74.5 cm³/mol. The first-order chi connectivity index (χ1) is 8.69. The molecular weight excluding hydrogens is 246 g/mol. The predicted octanol–water partition coefficient (Wildman–Crippen LogP) is 2.94. The first-order valence-electron chi connectivity index (χ1n) is 6.83. The molecule has 0 amide bonds. The lowest BCUT2D eigenvalue weighted by atomic mass is 9.82. The minimum atomic E-state index is 0.457. The van der Waals surface area contributed by atoms with Crippen LogP contribution >= 0.6 is 11.8 Å². The Balaban J connectivity index is 1.86. The third-order valence-electron chi connectivity index (χ3n) is 3.56. The Hall–Kier alpha value is -0.550. The monoisotopic (exact) mass is 269 g/mol. The standard InChI is InChI=1S/C13H23N3OS/c1-9(2)18-8-12-15-13(17-16-12)11-5-3-10(7-14)4-6-11/h9-11H,3-8,14H2,1-2H3. The molecule has 4 nitrogen and oxygen atoms in total. The Morgan fingerprint density at radius 1 is 1.33 bits per heavy atom. The van der Waals surface area contributed by atoms with Crippen LogP contribution in [0.15, 0.2) is 4.52 Å². The average Bonchev–Trinajstić information content (AvgIpc) is 2.85. The molecule has 1 aliphatic carbocycles. The summed E-state index contributed by atoms with van der Waals surface area (Å²) in [5.74, 6) is 3.67. The van der Waals surface area contributed by atoms with Crippen LogP contribution in [-0.4, -0.2) is 21.9 Å². The third kappa shape index (κ3) is 3.72. The van der Waals surface area contributed by atoms with Gasteiger partial charge in [0.15, 0.2) is 5.82 Å². The van der Waals surface area contributed by atoms with Gasteiger partial charge in [-0.25, -0.2) is 0 Å². The van der Waals surface area contributed by atoms with Gasteiger partial charge in [-0.1, -0.05) is 19.0 Å². The van der Waals surface area contributed by atoms with Crippen LogP contribution in [-0.2, 0) is 5.75 Å². The third-order valence-corrected chi connectivity index (χ3v) is 4.65. The van der Waals surface area contributed by atoms with Crippen molar-refractivity contribution in [2.45, 2.75) is 56.5 Å². The van der Waals surface area contributed by atoms with Crippen LogP contribution in [0.1, 0.15) is 57.2 Å². The van der Waals surface area contributed by atoms with Crippen molar-refractivity contribution in [2.24, 2.45) is 11.7 Å². The molecule has 1 saturated carbocycles. The van der Waals surface area contributed by atoms with Gasteiger partial charge in [-0.3, -0.25) is 0 Å². The highest BCUT2D eigenvalue weighted by Gasteiger charge is 2.25. The number of hydrogen-bond donors (Lipinski definition) is 1. The van der Waals surface area contributed by atoms with Gasteiger partial charge in [0.05, 0.1) is 5.75 Å². The molecular formula is C13H23N3OS. The van der Waals surface area contributed by atoms with Crippen LogP contribution in [0.25, 0.3) is 0 Å². The van der Waals surface area contributed by atoms with E-state index in [1.54, 1.807) is 0 Å². The zero-order chi connectivity index (χ0) is 13.0. The number of thioether (sulfide) groups is 1. The fraction of sp³-hybridized carbons (Fsp3) is 0.846. The maximum atomic E-state index is 5.71. The maximum Gasteiger partial charge on any atom is 0.229 e. The van der Waals surface area contributed by atoms with Crippen molar-refractivity contribution in [3.8, 4) is 0 Å². The fourth-order valence-corrected chi connectivity index (χ4v) is 2.98. The molecule has 1 aliphatic rings. The molecule has 0 bridgehead atoms. The Kier molecular flexibility index (Phi) is 5.06. The number of nitrogens with two attached hydrogens (primary N) is 1. The molecule has 5 heteroatoms. The second kappa shape index (κ2) is 6.57. The van der Waals surface area contributed by atoms with E-state index < -0.39 is 0 Å². The van der Waals surface area contributed by atoms with Gasteiger partial charge >= 0.3 is 0 Å². The molecule has 102 valence electrons. The number of hydrogen-bond acceptors (Lipinski definition) is 5. The van der Waals surface area contributed by atoms with E-state index in [1.807, 2.05) is 11.8 Å². The molecule has 0 atom stereocenters.